The lowest BCUT2D eigenvalue weighted by molar-refractivity contribution is -0.129. The number of thioether (sulfide) groups is 1. The second-order valence-corrected chi connectivity index (χ2v) is 7.02. The third kappa shape index (κ3) is 5.62. The van der Waals surface area contributed by atoms with Crippen LogP contribution < -0.4 is 10.6 Å². The zero-order valence-electron chi connectivity index (χ0n) is 15.4. The molecule has 7 heteroatoms. The number of nitrogens with zero attached hydrogens (tertiary/aromatic N) is 1. The van der Waals surface area contributed by atoms with Gasteiger partial charge in [-0.2, -0.15) is 11.8 Å². The number of imidazole rings is 1. The molecule has 0 aliphatic rings. The summed E-state index contributed by atoms with van der Waals surface area (Å²) in [6, 6.07) is 9.08. The third-order valence-corrected chi connectivity index (χ3v) is 4.68. The van der Waals surface area contributed by atoms with Gasteiger partial charge in [0.25, 0.3) is 0 Å². The van der Waals surface area contributed by atoms with E-state index in [0.29, 0.717) is 18.7 Å². The molecule has 6 nitrogen and oxygen atoms in total. The molecule has 2 rings (SSSR count). The number of rotatable bonds is 9. The Morgan fingerprint density at radius 3 is 2.62 bits per heavy atom. The number of amides is 2. The van der Waals surface area contributed by atoms with E-state index in [1.807, 2.05) is 43.5 Å². The van der Waals surface area contributed by atoms with E-state index in [4.69, 9.17) is 0 Å². The SMILES string of the molecule is CCC(=O)NC(CCSC)C(=O)NC(C)c1ncc(-c2ccccc2)[nH]1. The standard InChI is InChI=1S/C19H26N4O2S/c1-4-17(24)22-15(10-11-26-3)19(25)21-13(2)18-20-12-16(23-18)14-8-6-5-7-9-14/h5-9,12-13,15H,4,10-11H2,1-3H3,(H,20,23)(H,21,25)(H,22,24). The first-order chi connectivity index (χ1) is 12.5. The average molecular weight is 375 g/mol. The van der Waals surface area contributed by atoms with Crippen molar-refractivity contribution in [2.45, 2.75) is 38.8 Å². The quantitative estimate of drug-likeness (QED) is 0.630. The number of carbonyl (C=O) groups is 2. The maximum Gasteiger partial charge on any atom is 0.243 e. The Kier molecular flexibility index (Phi) is 7.72. The first-order valence-corrected chi connectivity index (χ1v) is 10.1. The lowest BCUT2D eigenvalue weighted by atomic mass is 10.1. The van der Waals surface area contributed by atoms with Gasteiger partial charge in [0, 0.05) is 6.42 Å². The van der Waals surface area contributed by atoms with Crippen LogP contribution >= 0.6 is 11.8 Å². The number of H-pyrrole nitrogens is 1. The van der Waals surface area contributed by atoms with Crippen LogP contribution in [0.3, 0.4) is 0 Å². The fourth-order valence-corrected chi connectivity index (χ4v) is 2.98. The van der Waals surface area contributed by atoms with Crippen LogP contribution in [0.25, 0.3) is 11.3 Å². The monoisotopic (exact) mass is 374 g/mol. The van der Waals surface area contributed by atoms with Crippen LogP contribution in [0.4, 0.5) is 0 Å². The highest BCUT2D eigenvalue weighted by Crippen LogP contribution is 2.18. The fourth-order valence-electron chi connectivity index (χ4n) is 2.50. The summed E-state index contributed by atoms with van der Waals surface area (Å²) in [4.78, 5) is 31.9. The molecule has 2 unspecified atom stereocenters. The number of nitrogens with one attached hydrogen (secondary N) is 3. The van der Waals surface area contributed by atoms with Crippen molar-refractivity contribution in [2.75, 3.05) is 12.0 Å². The Morgan fingerprint density at radius 2 is 1.96 bits per heavy atom. The third-order valence-electron chi connectivity index (χ3n) is 4.03. The van der Waals surface area contributed by atoms with Gasteiger partial charge in [0.15, 0.2) is 0 Å². The second-order valence-electron chi connectivity index (χ2n) is 6.03. The van der Waals surface area contributed by atoms with Crippen molar-refractivity contribution < 1.29 is 9.59 Å². The number of benzene rings is 1. The molecule has 0 saturated heterocycles. The molecular formula is C19H26N4O2S. The molecule has 2 amide bonds. The fraction of sp³-hybridized carbons (Fsp3) is 0.421. The van der Waals surface area contributed by atoms with Crippen LogP contribution in [-0.4, -0.2) is 39.8 Å². The van der Waals surface area contributed by atoms with Gasteiger partial charge in [0.1, 0.15) is 11.9 Å². The van der Waals surface area contributed by atoms with E-state index in [1.165, 1.54) is 0 Å². The van der Waals surface area contributed by atoms with Gasteiger partial charge >= 0.3 is 0 Å². The van der Waals surface area contributed by atoms with Crippen LogP contribution in [0.1, 0.15) is 38.6 Å². The van der Waals surface area contributed by atoms with Crippen molar-refractivity contribution >= 4 is 23.6 Å². The van der Waals surface area contributed by atoms with Gasteiger partial charge in [-0.3, -0.25) is 9.59 Å². The van der Waals surface area contributed by atoms with Crippen LogP contribution in [0.15, 0.2) is 36.5 Å². The predicted molar refractivity (Wildman–Crippen MR) is 106 cm³/mol. The zero-order valence-corrected chi connectivity index (χ0v) is 16.2. The summed E-state index contributed by atoms with van der Waals surface area (Å²) in [5, 5.41) is 5.74. The minimum atomic E-state index is -0.527. The van der Waals surface area contributed by atoms with Crippen molar-refractivity contribution in [2.24, 2.45) is 0 Å². The first kappa shape index (κ1) is 20.0. The number of carbonyl (C=O) groups excluding carboxylic acids is 2. The Morgan fingerprint density at radius 1 is 1.23 bits per heavy atom. The summed E-state index contributed by atoms with van der Waals surface area (Å²) >= 11 is 1.65. The molecule has 2 atom stereocenters. The molecule has 140 valence electrons. The molecule has 3 N–H and O–H groups in total. The summed E-state index contributed by atoms with van der Waals surface area (Å²) in [7, 11) is 0. The summed E-state index contributed by atoms with van der Waals surface area (Å²) in [6.07, 6.45) is 4.70. The van der Waals surface area contributed by atoms with Crippen molar-refractivity contribution in [3.05, 3.63) is 42.4 Å². The number of hydrogen-bond donors (Lipinski definition) is 3. The molecule has 1 aromatic carbocycles. The van der Waals surface area contributed by atoms with Gasteiger partial charge in [-0.05, 0) is 30.9 Å². The molecule has 1 aromatic heterocycles. The van der Waals surface area contributed by atoms with Crippen LogP contribution in [-0.2, 0) is 9.59 Å². The van der Waals surface area contributed by atoms with E-state index in [-0.39, 0.29) is 17.9 Å². The topological polar surface area (TPSA) is 86.9 Å². The normalized spacial score (nSPS) is 13.0. The van der Waals surface area contributed by atoms with Crippen molar-refractivity contribution in [3.8, 4) is 11.3 Å². The Hall–Kier alpha value is -2.28. The maximum atomic E-state index is 12.6. The van der Waals surface area contributed by atoms with E-state index in [9.17, 15) is 9.59 Å². The van der Waals surface area contributed by atoms with Gasteiger partial charge in [-0.1, -0.05) is 37.3 Å². The van der Waals surface area contributed by atoms with E-state index in [2.05, 4.69) is 20.6 Å². The van der Waals surface area contributed by atoms with Gasteiger partial charge < -0.3 is 15.6 Å². The predicted octanol–water partition coefficient (Wildman–Crippen LogP) is 2.90. The highest BCUT2D eigenvalue weighted by Gasteiger charge is 2.22. The summed E-state index contributed by atoms with van der Waals surface area (Å²) in [5.41, 5.74) is 1.94. The first-order valence-electron chi connectivity index (χ1n) is 8.74. The number of aromatic nitrogens is 2. The minimum Gasteiger partial charge on any atom is -0.345 e. The highest BCUT2D eigenvalue weighted by atomic mass is 32.2. The molecule has 0 aliphatic carbocycles. The molecule has 0 fully saturated rings. The number of hydrogen-bond acceptors (Lipinski definition) is 4. The van der Waals surface area contributed by atoms with Gasteiger partial charge in [0.2, 0.25) is 11.8 Å². The molecule has 1 heterocycles. The molecule has 0 spiro atoms. The molecule has 0 radical (unpaired) electrons. The zero-order chi connectivity index (χ0) is 18.9. The average Bonchev–Trinajstić information content (AvgIpc) is 3.15. The van der Waals surface area contributed by atoms with Gasteiger partial charge in [-0.25, -0.2) is 4.98 Å². The van der Waals surface area contributed by atoms with Gasteiger partial charge in [-0.15, -0.1) is 0 Å². The largest absolute Gasteiger partial charge is 0.345 e. The van der Waals surface area contributed by atoms with Crippen LogP contribution in [0.2, 0.25) is 0 Å². The summed E-state index contributed by atoms with van der Waals surface area (Å²) in [5.74, 6) is 1.17. The number of aromatic amines is 1. The lowest BCUT2D eigenvalue weighted by Crippen LogP contribution is -2.47. The van der Waals surface area contributed by atoms with Crippen molar-refractivity contribution in [3.63, 3.8) is 0 Å². The molecular weight excluding hydrogens is 348 g/mol. The lowest BCUT2D eigenvalue weighted by Gasteiger charge is -2.20. The highest BCUT2D eigenvalue weighted by molar-refractivity contribution is 7.98. The smallest absolute Gasteiger partial charge is 0.243 e. The summed E-state index contributed by atoms with van der Waals surface area (Å²) in [6.45, 7) is 3.65. The molecule has 0 bridgehead atoms. The van der Waals surface area contributed by atoms with E-state index in [0.717, 1.165) is 17.0 Å². The Balaban J connectivity index is 2.02. The Bertz CT molecular complexity index is 717. The van der Waals surface area contributed by atoms with E-state index >= 15 is 0 Å². The van der Waals surface area contributed by atoms with Gasteiger partial charge in [0.05, 0.1) is 17.9 Å². The summed E-state index contributed by atoms with van der Waals surface area (Å²) < 4.78 is 0. The van der Waals surface area contributed by atoms with Crippen molar-refractivity contribution in [1.29, 1.82) is 0 Å². The Labute approximate surface area is 158 Å². The minimum absolute atomic E-state index is 0.122. The molecule has 2 aromatic rings. The van der Waals surface area contributed by atoms with E-state index < -0.39 is 6.04 Å². The molecule has 0 aliphatic heterocycles. The van der Waals surface area contributed by atoms with E-state index in [1.54, 1.807) is 24.9 Å². The van der Waals surface area contributed by atoms with Crippen LogP contribution in [0, 0.1) is 0 Å². The van der Waals surface area contributed by atoms with Crippen molar-refractivity contribution in [1.82, 2.24) is 20.6 Å². The van der Waals surface area contributed by atoms with Crippen LogP contribution in [0.5, 0.6) is 0 Å². The second kappa shape index (κ2) is 10.0. The maximum absolute atomic E-state index is 12.6. The molecule has 0 saturated carbocycles. The molecule has 26 heavy (non-hydrogen) atoms.